The highest BCUT2D eigenvalue weighted by Crippen LogP contribution is 2.20. The van der Waals surface area contributed by atoms with Crippen molar-refractivity contribution in [2.45, 2.75) is 13.2 Å². The molecular formula is C8H13Cl2NO2. The van der Waals surface area contributed by atoms with Crippen LogP contribution in [0.3, 0.4) is 0 Å². The van der Waals surface area contributed by atoms with Crippen LogP contribution in [0.15, 0.2) is 24.3 Å². The molecule has 0 aliphatic rings. The number of anilines is 1. The minimum absolute atomic E-state index is 0. The molecule has 1 rings (SSSR count). The second-order valence-electron chi connectivity index (χ2n) is 2.25. The molecule has 1 unspecified atom stereocenters. The monoisotopic (exact) mass is 225 g/mol. The number of para-hydroxylation sites is 2. The Hall–Kier alpha value is -0.640. The highest BCUT2D eigenvalue weighted by molar-refractivity contribution is 5.85. The molecule has 3 N–H and O–H groups in total. The molecule has 13 heavy (non-hydrogen) atoms. The minimum Gasteiger partial charge on any atom is -0.463 e. The predicted molar refractivity (Wildman–Crippen MR) is 57.7 cm³/mol. The average Bonchev–Trinajstić information content (AvgIpc) is 1.93. The topological polar surface area (TPSA) is 55.5 Å². The summed E-state index contributed by atoms with van der Waals surface area (Å²) in [5.74, 6) is 0.516. The molecule has 5 heteroatoms. The van der Waals surface area contributed by atoms with E-state index in [1.54, 1.807) is 18.2 Å². The number of nitrogens with two attached hydrogens (primary N) is 1. The summed E-state index contributed by atoms with van der Waals surface area (Å²) in [5, 5.41) is 8.85. The molecule has 3 nitrogen and oxygen atoms in total. The maximum Gasteiger partial charge on any atom is 0.194 e. The van der Waals surface area contributed by atoms with Crippen LogP contribution in [0.1, 0.15) is 6.92 Å². The largest absolute Gasteiger partial charge is 0.463 e. The number of halogens is 2. The van der Waals surface area contributed by atoms with E-state index >= 15 is 0 Å². The van der Waals surface area contributed by atoms with Gasteiger partial charge in [0.15, 0.2) is 6.29 Å². The van der Waals surface area contributed by atoms with Gasteiger partial charge in [0.2, 0.25) is 0 Å². The van der Waals surface area contributed by atoms with Gasteiger partial charge in [0.25, 0.3) is 0 Å². The first kappa shape index (κ1) is 14.9. The lowest BCUT2D eigenvalue weighted by atomic mass is 10.3. The fourth-order valence-corrected chi connectivity index (χ4v) is 0.772. The minimum atomic E-state index is -0.820. The molecular weight excluding hydrogens is 213 g/mol. The van der Waals surface area contributed by atoms with Crippen LogP contribution in [0.4, 0.5) is 5.69 Å². The molecule has 1 atom stereocenters. The molecule has 0 saturated carbocycles. The van der Waals surface area contributed by atoms with Crippen molar-refractivity contribution < 1.29 is 9.84 Å². The van der Waals surface area contributed by atoms with E-state index in [1.165, 1.54) is 6.92 Å². The van der Waals surface area contributed by atoms with Crippen molar-refractivity contribution in [1.29, 1.82) is 0 Å². The van der Waals surface area contributed by atoms with Crippen LogP contribution in [-0.4, -0.2) is 11.4 Å². The van der Waals surface area contributed by atoms with E-state index in [9.17, 15) is 0 Å². The van der Waals surface area contributed by atoms with E-state index in [0.29, 0.717) is 11.4 Å². The zero-order chi connectivity index (χ0) is 8.27. The third-order valence-electron chi connectivity index (χ3n) is 1.22. The fraction of sp³-hybridized carbons (Fsp3) is 0.250. The molecule has 0 spiro atoms. The molecule has 0 aliphatic heterocycles. The highest BCUT2D eigenvalue weighted by Gasteiger charge is 2.00. The van der Waals surface area contributed by atoms with Gasteiger partial charge in [0.05, 0.1) is 5.69 Å². The van der Waals surface area contributed by atoms with Gasteiger partial charge in [0, 0.05) is 0 Å². The third-order valence-corrected chi connectivity index (χ3v) is 1.22. The van der Waals surface area contributed by atoms with E-state index in [1.807, 2.05) is 6.07 Å². The van der Waals surface area contributed by atoms with Gasteiger partial charge in [-0.3, -0.25) is 0 Å². The van der Waals surface area contributed by atoms with Gasteiger partial charge >= 0.3 is 0 Å². The summed E-state index contributed by atoms with van der Waals surface area (Å²) in [5.41, 5.74) is 6.07. The quantitative estimate of drug-likeness (QED) is 0.597. The van der Waals surface area contributed by atoms with Crippen molar-refractivity contribution in [1.82, 2.24) is 0 Å². The Morgan fingerprint density at radius 2 is 1.85 bits per heavy atom. The molecule has 1 aromatic carbocycles. The molecule has 0 bridgehead atoms. The predicted octanol–water partition coefficient (Wildman–Crippen LogP) is 1.83. The first-order valence-corrected chi connectivity index (χ1v) is 3.39. The second-order valence-corrected chi connectivity index (χ2v) is 2.25. The maximum absolute atomic E-state index is 8.85. The van der Waals surface area contributed by atoms with Crippen molar-refractivity contribution in [2.24, 2.45) is 0 Å². The number of benzene rings is 1. The standard InChI is InChI=1S/C8H11NO2.2ClH/c1-6(10)11-8-5-3-2-4-7(8)9;;/h2-6,10H,9H2,1H3;2*1H. The summed E-state index contributed by atoms with van der Waals surface area (Å²) in [4.78, 5) is 0. The van der Waals surface area contributed by atoms with Gasteiger partial charge < -0.3 is 15.6 Å². The smallest absolute Gasteiger partial charge is 0.194 e. The molecule has 0 saturated heterocycles. The summed E-state index contributed by atoms with van der Waals surface area (Å²) in [6.07, 6.45) is -0.820. The Labute approximate surface area is 89.7 Å². The highest BCUT2D eigenvalue weighted by atomic mass is 35.5. The van der Waals surface area contributed by atoms with E-state index in [2.05, 4.69) is 0 Å². The van der Waals surface area contributed by atoms with Crippen molar-refractivity contribution in [3.63, 3.8) is 0 Å². The normalized spacial score (nSPS) is 10.6. The van der Waals surface area contributed by atoms with Crippen molar-refractivity contribution >= 4 is 30.5 Å². The van der Waals surface area contributed by atoms with Crippen LogP contribution in [0.25, 0.3) is 0 Å². The first-order chi connectivity index (χ1) is 5.20. The van der Waals surface area contributed by atoms with E-state index in [0.717, 1.165) is 0 Å². The van der Waals surface area contributed by atoms with Gasteiger partial charge in [-0.05, 0) is 19.1 Å². The van der Waals surface area contributed by atoms with Crippen LogP contribution < -0.4 is 10.5 Å². The Kier molecular flexibility index (Phi) is 7.81. The average molecular weight is 226 g/mol. The van der Waals surface area contributed by atoms with Gasteiger partial charge in [-0.15, -0.1) is 24.8 Å². The summed E-state index contributed by atoms with van der Waals surface area (Å²) < 4.78 is 4.98. The summed E-state index contributed by atoms with van der Waals surface area (Å²) in [6, 6.07) is 7.04. The molecule has 0 fully saturated rings. The Morgan fingerprint density at radius 3 is 2.31 bits per heavy atom. The van der Waals surface area contributed by atoms with Crippen LogP contribution in [0.2, 0.25) is 0 Å². The zero-order valence-corrected chi connectivity index (χ0v) is 8.77. The zero-order valence-electron chi connectivity index (χ0n) is 7.14. The molecule has 0 aromatic heterocycles. The molecule has 0 radical (unpaired) electrons. The summed E-state index contributed by atoms with van der Waals surface area (Å²) >= 11 is 0. The lowest BCUT2D eigenvalue weighted by molar-refractivity contribution is 0.000277. The fourth-order valence-electron chi connectivity index (χ4n) is 0.772. The SMILES string of the molecule is CC(O)Oc1ccccc1N.Cl.Cl. The lowest BCUT2D eigenvalue weighted by Crippen LogP contribution is -2.10. The number of aliphatic hydroxyl groups is 1. The summed E-state index contributed by atoms with van der Waals surface area (Å²) in [7, 11) is 0. The molecule has 76 valence electrons. The molecule has 0 aliphatic carbocycles. The van der Waals surface area contributed by atoms with Crippen LogP contribution in [-0.2, 0) is 0 Å². The summed E-state index contributed by atoms with van der Waals surface area (Å²) in [6.45, 7) is 1.53. The number of aliphatic hydroxyl groups excluding tert-OH is 1. The lowest BCUT2D eigenvalue weighted by Gasteiger charge is -2.09. The van der Waals surface area contributed by atoms with E-state index < -0.39 is 6.29 Å². The van der Waals surface area contributed by atoms with Gasteiger partial charge in [-0.2, -0.15) is 0 Å². The van der Waals surface area contributed by atoms with Crippen molar-refractivity contribution in [3.05, 3.63) is 24.3 Å². The van der Waals surface area contributed by atoms with E-state index in [-0.39, 0.29) is 24.8 Å². The van der Waals surface area contributed by atoms with Crippen molar-refractivity contribution in [3.8, 4) is 5.75 Å². The number of ether oxygens (including phenoxy) is 1. The molecule has 0 heterocycles. The van der Waals surface area contributed by atoms with Gasteiger partial charge in [0.1, 0.15) is 5.75 Å². The van der Waals surface area contributed by atoms with Gasteiger partial charge in [-0.25, -0.2) is 0 Å². The number of nitrogen functional groups attached to an aromatic ring is 1. The third kappa shape index (κ3) is 4.83. The number of hydrogen-bond acceptors (Lipinski definition) is 3. The van der Waals surface area contributed by atoms with Crippen LogP contribution in [0, 0.1) is 0 Å². The Balaban J connectivity index is 0. The van der Waals surface area contributed by atoms with Gasteiger partial charge in [-0.1, -0.05) is 12.1 Å². The molecule has 1 aromatic rings. The van der Waals surface area contributed by atoms with Crippen LogP contribution in [0.5, 0.6) is 5.75 Å². The number of rotatable bonds is 2. The first-order valence-electron chi connectivity index (χ1n) is 3.39. The molecule has 0 amide bonds. The van der Waals surface area contributed by atoms with Crippen LogP contribution >= 0.6 is 24.8 Å². The Bertz CT molecular complexity index is 243. The second kappa shape index (κ2) is 6.83. The maximum atomic E-state index is 8.85. The number of hydrogen-bond donors (Lipinski definition) is 2. The van der Waals surface area contributed by atoms with E-state index in [4.69, 9.17) is 15.6 Å². The Morgan fingerprint density at radius 1 is 1.31 bits per heavy atom. The van der Waals surface area contributed by atoms with Crippen molar-refractivity contribution in [2.75, 3.05) is 5.73 Å².